The molecule has 0 saturated heterocycles. The summed E-state index contributed by atoms with van der Waals surface area (Å²) in [4.78, 5) is 4.28. The molecule has 18 heavy (non-hydrogen) atoms. The Morgan fingerprint density at radius 3 is 2.72 bits per heavy atom. The van der Waals surface area contributed by atoms with E-state index in [0.29, 0.717) is 24.9 Å². The van der Waals surface area contributed by atoms with Gasteiger partial charge in [0.2, 0.25) is 0 Å². The molecule has 0 amide bonds. The average Bonchev–Trinajstić information content (AvgIpc) is 2.88. The van der Waals surface area contributed by atoms with Gasteiger partial charge in [-0.2, -0.15) is 4.98 Å². The zero-order valence-corrected chi connectivity index (χ0v) is 10.6. The third kappa shape index (κ3) is 3.07. The fraction of sp³-hybridized carbons (Fsp3) is 0.385. The van der Waals surface area contributed by atoms with Gasteiger partial charge < -0.3 is 14.6 Å². The lowest BCUT2D eigenvalue weighted by Gasteiger charge is -1.99. The van der Waals surface area contributed by atoms with Gasteiger partial charge in [0.1, 0.15) is 6.61 Å². The Bertz CT molecular complexity index is 479. The van der Waals surface area contributed by atoms with E-state index in [1.807, 2.05) is 31.3 Å². The lowest BCUT2D eigenvalue weighted by molar-refractivity contribution is 0.114. The molecule has 2 rings (SSSR count). The number of anilines is 1. The quantitative estimate of drug-likeness (QED) is 0.795. The lowest BCUT2D eigenvalue weighted by Crippen LogP contribution is -1.95. The summed E-state index contributed by atoms with van der Waals surface area (Å²) < 4.78 is 10.6. The first-order chi connectivity index (χ1) is 8.83. The van der Waals surface area contributed by atoms with Crippen molar-refractivity contribution in [2.45, 2.75) is 20.0 Å². The summed E-state index contributed by atoms with van der Waals surface area (Å²) in [6, 6.07) is 7.81. The van der Waals surface area contributed by atoms with Gasteiger partial charge >= 0.3 is 0 Å². The van der Waals surface area contributed by atoms with Crippen molar-refractivity contribution >= 4 is 5.69 Å². The first kappa shape index (κ1) is 12.6. The highest BCUT2D eigenvalue weighted by atomic mass is 16.5. The van der Waals surface area contributed by atoms with Crippen molar-refractivity contribution in [3.05, 3.63) is 30.1 Å². The zero-order valence-electron chi connectivity index (χ0n) is 10.6. The summed E-state index contributed by atoms with van der Waals surface area (Å²) in [5.74, 6) is 1.10. The molecule has 0 unspecified atom stereocenters. The summed E-state index contributed by atoms with van der Waals surface area (Å²) in [7, 11) is 1.88. The number of nitrogens with zero attached hydrogens (tertiary/aromatic N) is 2. The fourth-order valence-electron chi connectivity index (χ4n) is 1.52. The largest absolute Gasteiger partial charge is 0.388 e. The van der Waals surface area contributed by atoms with Crippen LogP contribution in [0.5, 0.6) is 0 Å². The molecule has 96 valence electrons. The number of benzene rings is 1. The van der Waals surface area contributed by atoms with Crippen LogP contribution >= 0.6 is 0 Å². The molecule has 0 aliphatic carbocycles. The summed E-state index contributed by atoms with van der Waals surface area (Å²) in [6.07, 6.45) is 0.982. The van der Waals surface area contributed by atoms with Gasteiger partial charge in [-0.15, -0.1) is 0 Å². The van der Waals surface area contributed by atoms with Crippen molar-refractivity contribution in [2.75, 3.05) is 19.0 Å². The molecule has 0 aliphatic rings. The van der Waals surface area contributed by atoms with Gasteiger partial charge in [0.05, 0.1) is 0 Å². The van der Waals surface area contributed by atoms with Crippen LogP contribution in [0.25, 0.3) is 11.5 Å². The van der Waals surface area contributed by atoms with Gasteiger partial charge in [-0.3, -0.25) is 0 Å². The Morgan fingerprint density at radius 1 is 1.28 bits per heavy atom. The minimum Gasteiger partial charge on any atom is -0.388 e. The maximum atomic E-state index is 5.36. The molecule has 0 aliphatic heterocycles. The van der Waals surface area contributed by atoms with Crippen LogP contribution < -0.4 is 5.32 Å². The molecule has 1 N–H and O–H groups in total. The number of ether oxygens (including phenoxy) is 1. The van der Waals surface area contributed by atoms with E-state index in [1.165, 1.54) is 0 Å². The van der Waals surface area contributed by atoms with E-state index >= 15 is 0 Å². The molecule has 2 aromatic rings. The van der Waals surface area contributed by atoms with Gasteiger partial charge in [-0.25, -0.2) is 0 Å². The van der Waals surface area contributed by atoms with Gasteiger partial charge in [0.25, 0.3) is 5.89 Å². The molecule has 1 heterocycles. The van der Waals surface area contributed by atoms with E-state index in [9.17, 15) is 0 Å². The van der Waals surface area contributed by atoms with Crippen LogP contribution in [0.4, 0.5) is 5.69 Å². The third-order valence-electron chi connectivity index (χ3n) is 2.47. The van der Waals surface area contributed by atoms with E-state index < -0.39 is 0 Å². The molecule has 0 atom stereocenters. The van der Waals surface area contributed by atoms with Gasteiger partial charge in [0.15, 0.2) is 5.82 Å². The van der Waals surface area contributed by atoms with Crippen LogP contribution in [0, 0.1) is 0 Å². The maximum absolute atomic E-state index is 5.36. The molecular weight excluding hydrogens is 230 g/mol. The molecule has 0 radical (unpaired) electrons. The molecule has 5 heteroatoms. The molecule has 0 bridgehead atoms. The Morgan fingerprint density at radius 2 is 2.06 bits per heavy atom. The molecule has 0 spiro atoms. The van der Waals surface area contributed by atoms with Crippen molar-refractivity contribution in [1.29, 1.82) is 0 Å². The number of hydrogen-bond donors (Lipinski definition) is 1. The number of hydrogen-bond acceptors (Lipinski definition) is 5. The fourth-order valence-corrected chi connectivity index (χ4v) is 1.52. The van der Waals surface area contributed by atoms with E-state index in [0.717, 1.165) is 17.7 Å². The number of nitrogens with one attached hydrogen (secondary N) is 1. The van der Waals surface area contributed by atoms with E-state index in [2.05, 4.69) is 22.4 Å². The highest BCUT2D eigenvalue weighted by Crippen LogP contribution is 2.19. The van der Waals surface area contributed by atoms with Gasteiger partial charge in [-0.1, -0.05) is 12.1 Å². The highest BCUT2D eigenvalue weighted by molar-refractivity contribution is 5.58. The summed E-state index contributed by atoms with van der Waals surface area (Å²) in [5, 5.41) is 6.94. The van der Waals surface area contributed by atoms with Crippen LogP contribution in [0.15, 0.2) is 28.8 Å². The minimum atomic E-state index is 0.395. The van der Waals surface area contributed by atoms with Crippen molar-refractivity contribution in [3.63, 3.8) is 0 Å². The maximum Gasteiger partial charge on any atom is 0.258 e. The predicted molar refractivity (Wildman–Crippen MR) is 69.2 cm³/mol. The van der Waals surface area contributed by atoms with E-state index in [4.69, 9.17) is 9.26 Å². The number of aromatic nitrogens is 2. The Labute approximate surface area is 106 Å². The van der Waals surface area contributed by atoms with Crippen molar-refractivity contribution in [1.82, 2.24) is 10.1 Å². The topological polar surface area (TPSA) is 60.2 Å². The average molecular weight is 247 g/mol. The number of rotatable bonds is 6. The monoisotopic (exact) mass is 247 g/mol. The molecule has 0 fully saturated rings. The zero-order chi connectivity index (χ0) is 12.8. The van der Waals surface area contributed by atoms with E-state index in [-0.39, 0.29) is 0 Å². The van der Waals surface area contributed by atoms with Crippen LogP contribution in [-0.4, -0.2) is 23.8 Å². The minimum absolute atomic E-state index is 0.395. The van der Waals surface area contributed by atoms with Crippen LogP contribution in [0.2, 0.25) is 0 Å². The van der Waals surface area contributed by atoms with E-state index in [1.54, 1.807) is 0 Å². The van der Waals surface area contributed by atoms with Crippen LogP contribution in [0.1, 0.15) is 19.2 Å². The van der Waals surface area contributed by atoms with Crippen LogP contribution in [-0.2, 0) is 11.3 Å². The molecule has 0 saturated carbocycles. The Hall–Kier alpha value is -1.88. The summed E-state index contributed by atoms with van der Waals surface area (Å²) in [5.41, 5.74) is 1.95. The van der Waals surface area contributed by atoms with Crippen molar-refractivity contribution in [2.24, 2.45) is 0 Å². The van der Waals surface area contributed by atoms with Gasteiger partial charge in [-0.05, 0) is 30.7 Å². The summed E-state index contributed by atoms with van der Waals surface area (Å²) >= 11 is 0. The SMILES string of the molecule is CCCOCc1noc(-c2ccc(NC)cc2)n1. The van der Waals surface area contributed by atoms with Gasteiger partial charge in [0, 0.05) is 24.9 Å². The molecule has 1 aromatic carbocycles. The first-order valence-corrected chi connectivity index (χ1v) is 6.02. The lowest BCUT2D eigenvalue weighted by atomic mass is 10.2. The first-order valence-electron chi connectivity index (χ1n) is 6.02. The summed E-state index contributed by atoms with van der Waals surface area (Å²) in [6.45, 7) is 3.16. The second-order valence-corrected chi connectivity index (χ2v) is 3.90. The predicted octanol–water partition coefficient (Wildman–Crippen LogP) is 2.70. The Kier molecular flexibility index (Phi) is 4.30. The standard InChI is InChI=1S/C13H17N3O2/c1-3-8-17-9-12-15-13(18-16-12)10-4-6-11(14-2)7-5-10/h4-7,14H,3,8-9H2,1-2H3. The molecule has 1 aromatic heterocycles. The van der Waals surface area contributed by atoms with Crippen molar-refractivity contribution in [3.8, 4) is 11.5 Å². The molecular formula is C13H17N3O2. The van der Waals surface area contributed by atoms with Crippen LogP contribution in [0.3, 0.4) is 0 Å². The Balaban J connectivity index is 2.04. The highest BCUT2D eigenvalue weighted by Gasteiger charge is 2.08. The third-order valence-corrected chi connectivity index (χ3v) is 2.47. The second kappa shape index (κ2) is 6.16. The van der Waals surface area contributed by atoms with Crippen molar-refractivity contribution < 1.29 is 9.26 Å². The smallest absolute Gasteiger partial charge is 0.258 e. The normalized spacial score (nSPS) is 10.6. The molecule has 5 nitrogen and oxygen atoms in total. The second-order valence-electron chi connectivity index (χ2n) is 3.90.